The molecule has 0 aliphatic rings. The minimum Gasteiger partial charge on any atom is -0.344 e. The van der Waals surface area contributed by atoms with Gasteiger partial charge in [0.2, 0.25) is 0 Å². The van der Waals surface area contributed by atoms with Crippen molar-refractivity contribution in [1.29, 1.82) is 0 Å². The molecule has 2 aromatic carbocycles. The van der Waals surface area contributed by atoms with E-state index >= 15 is 0 Å². The second kappa shape index (κ2) is 7.12. The van der Waals surface area contributed by atoms with Gasteiger partial charge in [0.1, 0.15) is 5.82 Å². The molecule has 0 aliphatic carbocycles. The van der Waals surface area contributed by atoms with Crippen molar-refractivity contribution >= 4 is 17.5 Å². The lowest BCUT2D eigenvalue weighted by atomic mass is 10.1. The van der Waals surface area contributed by atoms with Crippen LogP contribution in [-0.4, -0.2) is 18.0 Å². The van der Waals surface area contributed by atoms with Crippen LogP contribution in [0.15, 0.2) is 48.5 Å². The summed E-state index contributed by atoms with van der Waals surface area (Å²) in [6.07, 6.45) is -4.99. The summed E-state index contributed by atoms with van der Waals surface area (Å²) in [5.74, 6) is -3.29. The van der Waals surface area contributed by atoms with Gasteiger partial charge in [-0.3, -0.25) is 9.59 Å². The third-order valence-electron chi connectivity index (χ3n) is 3.05. The highest BCUT2D eigenvalue weighted by Gasteiger charge is 2.38. The highest BCUT2D eigenvalue weighted by Crippen LogP contribution is 2.18. The summed E-state index contributed by atoms with van der Waals surface area (Å²) in [5.41, 5.74) is 0.554. The number of alkyl halides is 3. The number of carbonyl (C=O) groups is 2. The summed E-state index contributed by atoms with van der Waals surface area (Å²) >= 11 is 0. The number of halogens is 4. The Morgan fingerprint density at radius 1 is 1.00 bits per heavy atom. The maximum absolute atomic E-state index is 13.1. The number of para-hydroxylation sites is 1. The number of rotatable bonds is 4. The van der Waals surface area contributed by atoms with E-state index < -0.39 is 30.4 Å². The van der Waals surface area contributed by atoms with E-state index in [9.17, 15) is 27.2 Å². The summed E-state index contributed by atoms with van der Waals surface area (Å²) < 4.78 is 49.7. The molecule has 0 fully saturated rings. The van der Waals surface area contributed by atoms with Gasteiger partial charge in [0.05, 0.1) is 0 Å². The maximum Gasteiger partial charge on any atom is 0.471 e. The zero-order valence-corrected chi connectivity index (χ0v) is 12.2. The van der Waals surface area contributed by atoms with E-state index in [0.29, 0.717) is 0 Å². The monoisotopic (exact) mass is 340 g/mol. The minimum absolute atomic E-state index is 0.0594. The zero-order valence-electron chi connectivity index (χ0n) is 12.2. The predicted octanol–water partition coefficient (Wildman–Crippen LogP) is 3.26. The molecule has 4 nitrogen and oxygen atoms in total. The fraction of sp³-hybridized carbons (Fsp3) is 0.125. The summed E-state index contributed by atoms with van der Waals surface area (Å²) in [6.45, 7) is -0.419. The van der Waals surface area contributed by atoms with Crippen LogP contribution in [0.25, 0.3) is 0 Å². The molecule has 2 rings (SSSR count). The number of hydrogen-bond donors (Lipinski definition) is 2. The van der Waals surface area contributed by atoms with Gasteiger partial charge in [-0.1, -0.05) is 24.3 Å². The molecule has 24 heavy (non-hydrogen) atoms. The molecule has 0 radical (unpaired) electrons. The van der Waals surface area contributed by atoms with Crippen molar-refractivity contribution < 1.29 is 27.2 Å². The van der Waals surface area contributed by atoms with Crippen molar-refractivity contribution in [1.82, 2.24) is 5.32 Å². The number of anilines is 1. The molecule has 0 saturated carbocycles. The molecule has 0 spiro atoms. The van der Waals surface area contributed by atoms with E-state index in [1.807, 2.05) is 0 Å². The number of benzene rings is 2. The lowest BCUT2D eigenvalue weighted by Crippen LogP contribution is -2.36. The molecule has 0 heterocycles. The Hall–Kier alpha value is -2.90. The highest BCUT2D eigenvalue weighted by atomic mass is 19.4. The molecule has 0 unspecified atom stereocenters. The molecule has 0 atom stereocenters. The van der Waals surface area contributed by atoms with Gasteiger partial charge in [-0.15, -0.1) is 0 Å². The largest absolute Gasteiger partial charge is 0.471 e. The smallest absolute Gasteiger partial charge is 0.344 e. The third kappa shape index (κ3) is 4.55. The highest BCUT2D eigenvalue weighted by molar-refractivity contribution is 6.04. The first-order valence-electron chi connectivity index (χ1n) is 6.77. The summed E-state index contributed by atoms with van der Waals surface area (Å²) in [5, 5.41) is 4.20. The second-order valence-electron chi connectivity index (χ2n) is 4.80. The van der Waals surface area contributed by atoms with E-state index in [4.69, 9.17) is 0 Å². The number of carbonyl (C=O) groups excluding carboxylic acids is 2. The lowest BCUT2D eigenvalue weighted by Gasteiger charge is -2.13. The molecule has 0 aliphatic heterocycles. The molecule has 126 valence electrons. The molecule has 2 N–H and O–H groups in total. The Morgan fingerprint density at radius 2 is 1.71 bits per heavy atom. The van der Waals surface area contributed by atoms with E-state index in [0.717, 1.165) is 6.07 Å². The SMILES string of the molecule is O=C(Nc1ccccc1CNC(=O)C(F)(F)F)c1cccc(F)c1. The van der Waals surface area contributed by atoms with Gasteiger partial charge in [-0.05, 0) is 29.8 Å². The topological polar surface area (TPSA) is 58.2 Å². The van der Waals surface area contributed by atoms with Crippen molar-refractivity contribution in [2.24, 2.45) is 0 Å². The fourth-order valence-corrected chi connectivity index (χ4v) is 1.90. The van der Waals surface area contributed by atoms with Crippen LogP contribution in [0.3, 0.4) is 0 Å². The normalized spacial score (nSPS) is 11.0. The first kappa shape index (κ1) is 17.5. The van der Waals surface area contributed by atoms with Crippen molar-refractivity contribution in [3.63, 3.8) is 0 Å². The van der Waals surface area contributed by atoms with Gasteiger partial charge in [0.25, 0.3) is 5.91 Å². The fourth-order valence-electron chi connectivity index (χ4n) is 1.90. The van der Waals surface area contributed by atoms with Gasteiger partial charge in [-0.2, -0.15) is 13.2 Å². The van der Waals surface area contributed by atoms with Crippen molar-refractivity contribution in [2.75, 3.05) is 5.32 Å². The van der Waals surface area contributed by atoms with Crippen molar-refractivity contribution in [3.8, 4) is 0 Å². The molecule has 0 aromatic heterocycles. The molecular weight excluding hydrogens is 328 g/mol. The van der Waals surface area contributed by atoms with E-state index in [1.165, 1.54) is 30.3 Å². The molecular formula is C16H12F4N2O2. The molecule has 0 bridgehead atoms. The number of nitrogens with one attached hydrogen (secondary N) is 2. The van der Waals surface area contributed by atoms with E-state index in [-0.39, 0.29) is 16.8 Å². The minimum atomic E-state index is -4.99. The van der Waals surface area contributed by atoms with Crippen LogP contribution in [0.2, 0.25) is 0 Å². The Bertz CT molecular complexity index is 760. The number of amides is 2. The molecule has 2 aromatic rings. The van der Waals surface area contributed by atoms with Crippen LogP contribution in [-0.2, 0) is 11.3 Å². The standard InChI is InChI=1S/C16H12F4N2O2/c17-12-6-3-5-10(8-12)14(23)22-13-7-2-1-4-11(13)9-21-15(24)16(18,19)20/h1-8H,9H2,(H,21,24)(H,22,23). The van der Waals surface area contributed by atoms with E-state index in [1.54, 1.807) is 17.4 Å². The van der Waals surface area contributed by atoms with Crippen molar-refractivity contribution in [3.05, 3.63) is 65.5 Å². The Kier molecular flexibility index (Phi) is 5.18. The molecule has 0 saturated heterocycles. The summed E-state index contributed by atoms with van der Waals surface area (Å²) in [7, 11) is 0. The van der Waals surface area contributed by atoms with E-state index in [2.05, 4.69) is 5.32 Å². The van der Waals surface area contributed by atoms with Crippen LogP contribution in [0.1, 0.15) is 15.9 Å². The third-order valence-corrected chi connectivity index (χ3v) is 3.05. The average molecular weight is 340 g/mol. The zero-order chi connectivity index (χ0) is 17.7. The average Bonchev–Trinajstić information content (AvgIpc) is 2.52. The van der Waals surface area contributed by atoms with Crippen LogP contribution in [0.5, 0.6) is 0 Å². The maximum atomic E-state index is 13.1. The van der Waals surface area contributed by atoms with Gasteiger partial charge in [0.15, 0.2) is 0 Å². The lowest BCUT2D eigenvalue weighted by molar-refractivity contribution is -0.173. The first-order chi connectivity index (χ1) is 11.3. The summed E-state index contributed by atoms with van der Waals surface area (Å²) in [6, 6.07) is 11.0. The Morgan fingerprint density at radius 3 is 2.38 bits per heavy atom. The van der Waals surface area contributed by atoms with Crippen molar-refractivity contribution in [2.45, 2.75) is 12.7 Å². The van der Waals surface area contributed by atoms with Crippen LogP contribution in [0.4, 0.5) is 23.2 Å². The van der Waals surface area contributed by atoms with Gasteiger partial charge < -0.3 is 10.6 Å². The first-order valence-corrected chi connectivity index (χ1v) is 6.77. The van der Waals surface area contributed by atoms with Crippen LogP contribution < -0.4 is 10.6 Å². The molecule has 8 heteroatoms. The second-order valence-corrected chi connectivity index (χ2v) is 4.80. The van der Waals surface area contributed by atoms with Crippen LogP contribution in [0, 0.1) is 5.82 Å². The molecule has 2 amide bonds. The quantitative estimate of drug-likeness (QED) is 0.840. The van der Waals surface area contributed by atoms with Gasteiger partial charge >= 0.3 is 12.1 Å². The summed E-state index contributed by atoms with van der Waals surface area (Å²) in [4.78, 5) is 22.9. The Balaban J connectivity index is 2.11. The number of hydrogen-bond acceptors (Lipinski definition) is 2. The van der Waals surface area contributed by atoms with Gasteiger partial charge in [0, 0.05) is 17.8 Å². The van der Waals surface area contributed by atoms with Gasteiger partial charge in [-0.25, -0.2) is 4.39 Å². The van der Waals surface area contributed by atoms with Crippen LogP contribution >= 0.6 is 0 Å². The predicted molar refractivity (Wildman–Crippen MR) is 78.7 cm³/mol. The Labute approximate surface area is 134 Å².